The zero-order chi connectivity index (χ0) is 15.1. The maximum absolute atomic E-state index is 12.3. The normalized spacial score (nSPS) is 21.8. The molecule has 0 radical (unpaired) electrons. The predicted octanol–water partition coefficient (Wildman–Crippen LogP) is 3.49. The summed E-state index contributed by atoms with van der Waals surface area (Å²) in [7, 11) is 1.97. The van der Waals surface area contributed by atoms with Crippen LogP contribution in [0, 0.1) is 0 Å². The van der Waals surface area contributed by atoms with Crippen molar-refractivity contribution < 1.29 is 14.3 Å². The zero-order valence-electron chi connectivity index (χ0n) is 13.7. The average molecular weight is 297 g/mol. The van der Waals surface area contributed by atoms with Gasteiger partial charge in [0.25, 0.3) is 0 Å². The van der Waals surface area contributed by atoms with Gasteiger partial charge in [0.1, 0.15) is 0 Å². The summed E-state index contributed by atoms with van der Waals surface area (Å²) in [6.07, 6.45) is 10.6. The van der Waals surface area contributed by atoms with Gasteiger partial charge in [0, 0.05) is 32.4 Å². The van der Waals surface area contributed by atoms with Crippen LogP contribution in [0.4, 0.5) is 0 Å². The van der Waals surface area contributed by atoms with Crippen molar-refractivity contribution in [1.29, 1.82) is 0 Å². The minimum absolute atomic E-state index is 0.306. The summed E-state index contributed by atoms with van der Waals surface area (Å²) in [5.74, 6) is -0.0127. The van der Waals surface area contributed by atoms with Crippen molar-refractivity contribution in [2.75, 3.05) is 20.3 Å². The van der Waals surface area contributed by atoms with E-state index in [-0.39, 0.29) is 5.79 Å². The lowest BCUT2D eigenvalue weighted by molar-refractivity contribution is -0.184. The molecule has 0 unspecified atom stereocenters. The number of unbranched alkanes of at least 4 members (excludes halogenated alkanes) is 4. The fourth-order valence-corrected chi connectivity index (χ4v) is 3.48. The first-order valence-electron chi connectivity index (χ1n) is 8.70. The van der Waals surface area contributed by atoms with E-state index in [2.05, 4.69) is 6.92 Å². The average Bonchev–Trinajstić information content (AvgIpc) is 2.95. The number of ether oxygens (including phenoxy) is 2. The summed E-state index contributed by atoms with van der Waals surface area (Å²) in [4.78, 5) is 14.2. The number of rotatable bonds is 7. The van der Waals surface area contributed by atoms with Gasteiger partial charge in [-0.15, -0.1) is 0 Å². The van der Waals surface area contributed by atoms with Crippen molar-refractivity contribution in [2.45, 2.75) is 83.0 Å². The molecule has 1 saturated carbocycles. The number of amides is 1. The van der Waals surface area contributed by atoms with Crippen molar-refractivity contribution in [2.24, 2.45) is 0 Å². The van der Waals surface area contributed by atoms with Crippen LogP contribution in [-0.4, -0.2) is 42.9 Å². The largest absolute Gasteiger partial charge is 0.348 e. The topological polar surface area (TPSA) is 38.8 Å². The SMILES string of the molecule is CCCCCCCC(=O)N(C)C1CCC2(CC1)OCCO2. The molecule has 1 spiro atoms. The third-order valence-electron chi connectivity index (χ3n) is 4.97. The van der Waals surface area contributed by atoms with Gasteiger partial charge in [0.05, 0.1) is 13.2 Å². The lowest BCUT2D eigenvalue weighted by Gasteiger charge is -2.39. The minimum atomic E-state index is -0.319. The molecule has 1 aliphatic heterocycles. The molecule has 1 aliphatic carbocycles. The van der Waals surface area contributed by atoms with Crippen LogP contribution in [0.2, 0.25) is 0 Å². The zero-order valence-corrected chi connectivity index (χ0v) is 13.7. The van der Waals surface area contributed by atoms with Crippen molar-refractivity contribution in [3.8, 4) is 0 Å². The third-order valence-corrected chi connectivity index (χ3v) is 4.97. The third kappa shape index (κ3) is 4.68. The summed E-state index contributed by atoms with van der Waals surface area (Å²) >= 11 is 0. The number of nitrogens with zero attached hydrogens (tertiary/aromatic N) is 1. The van der Waals surface area contributed by atoms with Crippen LogP contribution in [0.15, 0.2) is 0 Å². The van der Waals surface area contributed by atoms with Gasteiger partial charge in [0.15, 0.2) is 5.79 Å². The van der Waals surface area contributed by atoms with Gasteiger partial charge in [-0.1, -0.05) is 32.6 Å². The lowest BCUT2D eigenvalue weighted by Crippen LogP contribution is -2.44. The molecule has 122 valence electrons. The van der Waals surface area contributed by atoms with Gasteiger partial charge in [0.2, 0.25) is 5.91 Å². The Labute approximate surface area is 129 Å². The molecule has 1 amide bonds. The fourth-order valence-electron chi connectivity index (χ4n) is 3.48. The maximum atomic E-state index is 12.3. The van der Waals surface area contributed by atoms with Crippen LogP contribution in [0.25, 0.3) is 0 Å². The molecule has 0 N–H and O–H groups in total. The Hall–Kier alpha value is -0.610. The Kier molecular flexibility index (Phi) is 6.49. The number of hydrogen-bond donors (Lipinski definition) is 0. The number of carbonyl (C=O) groups excluding carboxylic acids is 1. The first kappa shape index (κ1) is 16.8. The van der Waals surface area contributed by atoms with Crippen LogP contribution in [0.5, 0.6) is 0 Å². The van der Waals surface area contributed by atoms with E-state index in [9.17, 15) is 4.79 Å². The smallest absolute Gasteiger partial charge is 0.222 e. The minimum Gasteiger partial charge on any atom is -0.348 e. The van der Waals surface area contributed by atoms with Crippen molar-refractivity contribution in [3.63, 3.8) is 0 Å². The van der Waals surface area contributed by atoms with E-state index < -0.39 is 0 Å². The van der Waals surface area contributed by atoms with Crippen molar-refractivity contribution in [1.82, 2.24) is 4.90 Å². The summed E-state index contributed by atoms with van der Waals surface area (Å²) in [5, 5.41) is 0. The van der Waals surface area contributed by atoms with Gasteiger partial charge >= 0.3 is 0 Å². The van der Waals surface area contributed by atoms with Gasteiger partial charge in [-0.3, -0.25) is 4.79 Å². The van der Waals surface area contributed by atoms with Crippen LogP contribution in [0.3, 0.4) is 0 Å². The van der Waals surface area contributed by atoms with E-state index in [1.54, 1.807) is 0 Å². The molecule has 0 aromatic heterocycles. The van der Waals surface area contributed by atoms with E-state index in [4.69, 9.17) is 9.47 Å². The molecule has 0 aromatic carbocycles. The van der Waals surface area contributed by atoms with E-state index in [0.717, 1.165) is 45.3 Å². The molecule has 0 bridgehead atoms. The van der Waals surface area contributed by atoms with Crippen LogP contribution in [-0.2, 0) is 14.3 Å². The molecule has 1 saturated heterocycles. The molecule has 21 heavy (non-hydrogen) atoms. The molecule has 4 nitrogen and oxygen atoms in total. The highest BCUT2D eigenvalue weighted by atomic mass is 16.7. The molecule has 2 rings (SSSR count). The summed E-state index contributed by atoms with van der Waals surface area (Å²) in [6, 6.07) is 0.367. The number of carbonyl (C=O) groups is 1. The molecule has 2 fully saturated rings. The second kappa shape index (κ2) is 8.14. The van der Waals surface area contributed by atoms with E-state index in [0.29, 0.717) is 18.4 Å². The Balaban J connectivity index is 1.66. The van der Waals surface area contributed by atoms with Crippen LogP contribution >= 0.6 is 0 Å². The Morgan fingerprint density at radius 1 is 1.10 bits per heavy atom. The van der Waals surface area contributed by atoms with Gasteiger partial charge in [-0.05, 0) is 19.3 Å². The quantitative estimate of drug-likeness (QED) is 0.675. The fraction of sp³-hybridized carbons (Fsp3) is 0.941. The monoisotopic (exact) mass is 297 g/mol. The van der Waals surface area contributed by atoms with E-state index in [1.165, 1.54) is 25.7 Å². The molecule has 0 atom stereocenters. The standard InChI is InChI=1S/C17H31NO3/c1-3-4-5-6-7-8-16(19)18(2)15-9-11-17(12-10-15)20-13-14-21-17/h15H,3-14H2,1-2H3. The molecule has 1 heterocycles. The van der Waals surface area contributed by atoms with Gasteiger partial charge < -0.3 is 14.4 Å². The lowest BCUT2D eigenvalue weighted by atomic mass is 9.89. The molecule has 2 aliphatic rings. The molecule has 0 aromatic rings. The summed E-state index contributed by atoms with van der Waals surface area (Å²) in [6.45, 7) is 3.65. The maximum Gasteiger partial charge on any atom is 0.222 e. The van der Waals surface area contributed by atoms with Gasteiger partial charge in [-0.2, -0.15) is 0 Å². The first-order valence-corrected chi connectivity index (χ1v) is 8.70. The van der Waals surface area contributed by atoms with Gasteiger partial charge in [-0.25, -0.2) is 0 Å². The predicted molar refractivity (Wildman–Crippen MR) is 83.0 cm³/mol. The van der Waals surface area contributed by atoms with Crippen LogP contribution < -0.4 is 0 Å². The molecule has 4 heteroatoms. The summed E-state index contributed by atoms with van der Waals surface area (Å²) in [5.41, 5.74) is 0. The van der Waals surface area contributed by atoms with Crippen LogP contribution in [0.1, 0.15) is 71.1 Å². The highest BCUT2D eigenvalue weighted by Crippen LogP contribution is 2.37. The van der Waals surface area contributed by atoms with Crippen molar-refractivity contribution in [3.05, 3.63) is 0 Å². The Bertz CT molecular complexity index is 316. The van der Waals surface area contributed by atoms with Crippen molar-refractivity contribution >= 4 is 5.91 Å². The highest BCUT2D eigenvalue weighted by Gasteiger charge is 2.41. The Morgan fingerprint density at radius 2 is 1.71 bits per heavy atom. The Morgan fingerprint density at radius 3 is 2.33 bits per heavy atom. The van der Waals surface area contributed by atoms with E-state index >= 15 is 0 Å². The second-order valence-electron chi connectivity index (χ2n) is 6.51. The summed E-state index contributed by atoms with van der Waals surface area (Å²) < 4.78 is 11.5. The van der Waals surface area contributed by atoms with E-state index in [1.807, 2.05) is 11.9 Å². The molecular weight excluding hydrogens is 266 g/mol. The highest BCUT2D eigenvalue weighted by molar-refractivity contribution is 5.76. The second-order valence-corrected chi connectivity index (χ2v) is 6.51. The number of hydrogen-bond acceptors (Lipinski definition) is 3. The first-order chi connectivity index (χ1) is 10.2. The molecular formula is C17H31NO3.